The van der Waals surface area contributed by atoms with Gasteiger partial charge in [0, 0.05) is 23.1 Å². The Balaban J connectivity index is 2.13. The van der Waals surface area contributed by atoms with Crippen LogP contribution >= 0.6 is 23.2 Å². The molecular weight excluding hydrogens is 261 g/mol. The third kappa shape index (κ3) is 2.90. The van der Waals surface area contributed by atoms with E-state index in [0.29, 0.717) is 29.0 Å². The molecular formula is C11H11Cl2N3O. The predicted molar refractivity (Wildman–Crippen MR) is 69.5 cm³/mol. The number of benzene rings is 1. The van der Waals surface area contributed by atoms with E-state index in [9.17, 15) is 0 Å². The first-order valence-electron chi connectivity index (χ1n) is 5.11. The summed E-state index contributed by atoms with van der Waals surface area (Å²) in [6.45, 7) is 2.12. The van der Waals surface area contributed by atoms with Crippen LogP contribution < -0.4 is 0 Å². The molecule has 17 heavy (non-hydrogen) atoms. The van der Waals surface area contributed by atoms with Crippen molar-refractivity contribution in [2.75, 3.05) is 13.1 Å². The molecule has 1 heterocycles. The van der Waals surface area contributed by atoms with E-state index in [4.69, 9.17) is 28.4 Å². The minimum Gasteiger partial charge on any atom is -0.411 e. The molecule has 1 aliphatic heterocycles. The first-order chi connectivity index (χ1) is 8.20. The molecule has 1 N–H and O–H groups in total. The van der Waals surface area contributed by atoms with Crippen LogP contribution in [0.15, 0.2) is 28.3 Å². The summed E-state index contributed by atoms with van der Waals surface area (Å²) in [4.78, 5) is 6.21. The highest BCUT2D eigenvalue weighted by molar-refractivity contribution is 6.35. The number of rotatable bonds is 3. The molecule has 1 aliphatic rings. The van der Waals surface area contributed by atoms with Gasteiger partial charge in [0.2, 0.25) is 0 Å². The van der Waals surface area contributed by atoms with Gasteiger partial charge < -0.3 is 10.1 Å². The molecule has 0 aliphatic carbocycles. The molecule has 0 bridgehead atoms. The van der Waals surface area contributed by atoms with Gasteiger partial charge in [0.25, 0.3) is 0 Å². The molecule has 2 rings (SSSR count). The standard InChI is InChI=1S/C11H11Cl2N3O/c12-9-2-1-8(10(13)5-9)7-16-4-3-14-11(16)6-15-17/h1-2,5-6,17H,3-4,7H2/b15-6+. The zero-order valence-corrected chi connectivity index (χ0v) is 10.5. The van der Waals surface area contributed by atoms with Gasteiger partial charge in [-0.05, 0) is 17.7 Å². The van der Waals surface area contributed by atoms with Crippen LogP contribution in [0.4, 0.5) is 0 Å². The summed E-state index contributed by atoms with van der Waals surface area (Å²) >= 11 is 11.9. The van der Waals surface area contributed by atoms with Crippen molar-refractivity contribution in [3.8, 4) is 0 Å². The molecule has 0 aromatic heterocycles. The zero-order chi connectivity index (χ0) is 12.3. The van der Waals surface area contributed by atoms with Crippen LogP contribution in [0.5, 0.6) is 0 Å². The van der Waals surface area contributed by atoms with E-state index in [1.165, 1.54) is 6.21 Å². The van der Waals surface area contributed by atoms with E-state index < -0.39 is 0 Å². The number of amidine groups is 1. The van der Waals surface area contributed by atoms with Crippen molar-refractivity contribution >= 4 is 35.3 Å². The third-order valence-electron chi connectivity index (χ3n) is 2.52. The van der Waals surface area contributed by atoms with Gasteiger partial charge >= 0.3 is 0 Å². The third-order valence-corrected chi connectivity index (χ3v) is 3.10. The zero-order valence-electron chi connectivity index (χ0n) is 8.98. The molecule has 6 heteroatoms. The minimum atomic E-state index is 0.617. The summed E-state index contributed by atoms with van der Waals surface area (Å²) in [5, 5.41) is 12.8. The van der Waals surface area contributed by atoms with Gasteiger partial charge in [-0.25, -0.2) is 0 Å². The summed E-state index contributed by atoms with van der Waals surface area (Å²) in [5.41, 5.74) is 0.969. The quantitative estimate of drug-likeness (QED) is 0.522. The monoisotopic (exact) mass is 271 g/mol. The van der Waals surface area contributed by atoms with Crippen molar-refractivity contribution in [3.05, 3.63) is 33.8 Å². The second-order valence-corrected chi connectivity index (χ2v) is 4.49. The fourth-order valence-electron chi connectivity index (χ4n) is 1.69. The normalized spacial score (nSPS) is 15.6. The van der Waals surface area contributed by atoms with Gasteiger partial charge in [0.15, 0.2) is 0 Å². The number of halogens is 2. The van der Waals surface area contributed by atoms with Crippen molar-refractivity contribution in [1.82, 2.24) is 4.90 Å². The molecule has 0 atom stereocenters. The number of hydrogen-bond donors (Lipinski definition) is 1. The molecule has 0 saturated carbocycles. The van der Waals surface area contributed by atoms with Crippen LogP contribution in [-0.2, 0) is 6.54 Å². The summed E-state index contributed by atoms with van der Waals surface area (Å²) in [6, 6.07) is 5.40. The first kappa shape index (κ1) is 12.2. The molecule has 0 saturated heterocycles. The first-order valence-corrected chi connectivity index (χ1v) is 5.87. The molecule has 1 aromatic carbocycles. The molecule has 0 fully saturated rings. The van der Waals surface area contributed by atoms with E-state index in [1.54, 1.807) is 12.1 Å². The Morgan fingerprint density at radius 1 is 1.47 bits per heavy atom. The average Bonchev–Trinajstić information content (AvgIpc) is 2.71. The van der Waals surface area contributed by atoms with Gasteiger partial charge in [-0.15, -0.1) is 0 Å². The van der Waals surface area contributed by atoms with Crippen LogP contribution in [-0.4, -0.2) is 35.2 Å². The van der Waals surface area contributed by atoms with Crippen molar-refractivity contribution in [2.24, 2.45) is 10.1 Å². The van der Waals surface area contributed by atoms with E-state index in [2.05, 4.69) is 10.1 Å². The Morgan fingerprint density at radius 3 is 3.00 bits per heavy atom. The molecule has 0 amide bonds. The van der Waals surface area contributed by atoms with Crippen LogP contribution in [0.1, 0.15) is 5.56 Å². The highest BCUT2D eigenvalue weighted by Gasteiger charge is 2.16. The van der Waals surface area contributed by atoms with E-state index in [0.717, 1.165) is 12.1 Å². The summed E-state index contributed by atoms with van der Waals surface area (Å²) in [7, 11) is 0. The maximum absolute atomic E-state index is 8.52. The second kappa shape index (κ2) is 5.38. The van der Waals surface area contributed by atoms with Gasteiger partial charge in [-0.2, -0.15) is 0 Å². The lowest BCUT2D eigenvalue weighted by Crippen LogP contribution is -2.28. The van der Waals surface area contributed by atoms with Gasteiger partial charge in [-0.1, -0.05) is 34.4 Å². The average molecular weight is 272 g/mol. The van der Waals surface area contributed by atoms with Crippen molar-refractivity contribution in [1.29, 1.82) is 0 Å². The fourth-order valence-corrected chi connectivity index (χ4v) is 2.16. The van der Waals surface area contributed by atoms with Crippen LogP contribution in [0.25, 0.3) is 0 Å². The topological polar surface area (TPSA) is 48.2 Å². The predicted octanol–water partition coefficient (Wildman–Crippen LogP) is 2.67. The lowest BCUT2D eigenvalue weighted by molar-refractivity contribution is 0.321. The van der Waals surface area contributed by atoms with Crippen LogP contribution in [0, 0.1) is 0 Å². The highest BCUT2D eigenvalue weighted by atomic mass is 35.5. The Bertz CT molecular complexity index is 474. The number of aliphatic imine (C=N–C) groups is 1. The SMILES string of the molecule is O/N=C/C1=NCCN1Cc1ccc(Cl)cc1Cl. The lowest BCUT2D eigenvalue weighted by Gasteiger charge is -2.18. The maximum atomic E-state index is 8.52. The maximum Gasteiger partial charge on any atom is 0.146 e. The molecule has 0 radical (unpaired) electrons. The van der Waals surface area contributed by atoms with Crippen molar-refractivity contribution in [3.63, 3.8) is 0 Å². The summed E-state index contributed by atoms with van der Waals surface area (Å²) in [5.74, 6) is 0.665. The summed E-state index contributed by atoms with van der Waals surface area (Å²) in [6.07, 6.45) is 1.33. The fraction of sp³-hybridized carbons (Fsp3) is 0.273. The number of hydrogen-bond acceptors (Lipinski definition) is 4. The Kier molecular flexibility index (Phi) is 3.86. The lowest BCUT2D eigenvalue weighted by atomic mass is 10.2. The van der Waals surface area contributed by atoms with E-state index in [1.807, 2.05) is 11.0 Å². The van der Waals surface area contributed by atoms with Gasteiger partial charge in [-0.3, -0.25) is 4.99 Å². The number of nitrogens with zero attached hydrogens (tertiary/aromatic N) is 3. The van der Waals surface area contributed by atoms with Gasteiger partial charge in [0.1, 0.15) is 12.1 Å². The summed E-state index contributed by atoms with van der Waals surface area (Å²) < 4.78 is 0. The van der Waals surface area contributed by atoms with Crippen LogP contribution in [0.2, 0.25) is 10.0 Å². The van der Waals surface area contributed by atoms with E-state index in [-0.39, 0.29) is 0 Å². The van der Waals surface area contributed by atoms with Crippen molar-refractivity contribution in [2.45, 2.75) is 6.54 Å². The van der Waals surface area contributed by atoms with Crippen LogP contribution in [0.3, 0.4) is 0 Å². The molecule has 4 nitrogen and oxygen atoms in total. The molecule has 1 aromatic rings. The second-order valence-electron chi connectivity index (χ2n) is 3.64. The van der Waals surface area contributed by atoms with E-state index >= 15 is 0 Å². The van der Waals surface area contributed by atoms with Crippen molar-refractivity contribution < 1.29 is 5.21 Å². The largest absolute Gasteiger partial charge is 0.411 e. The highest BCUT2D eigenvalue weighted by Crippen LogP contribution is 2.22. The Morgan fingerprint density at radius 2 is 2.29 bits per heavy atom. The number of oxime groups is 1. The Labute approximate surface area is 109 Å². The Hall–Kier alpha value is -1.26. The smallest absolute Gasteiger partial charge is 0.146 e. The van der Waals surface area contributed by atoms with Gasteiger partial charge in [0.05, 0.1) is 6.54 Å². The molecule has 0 unspecified atom stereocenters. The molecule has 90 valence electrons. The molecule has 0 spiro atoms. The minimum absolute atomic E-state index is 0.617.